The second-order valence-electron chi connectivity index (χ2n) is 6.04. The molecule has 0 bridgehead atoms. The van der Waals surface area contributed by atoms with Gasteiger partial charge in [-0.2, -0.15) is 0 Å². The summed E-state index contributed by atoms with van der Waals surface area (Å²) < 4.78 is 0. The van der Waals surface area contributed by atoms with E-state index in [9.17, 15) is 0 Å². The standard InChI is InChI=1S/C12H26N2/c1-11(2)8-12(3,4)9-14-7-6-13(5)10-14/h11H,6-10H2,1-5H3. The lowest BCUT2D eigenvalue weighted by molar-refractivity contribution is 0.163. The van der Waals surface area contributed by atoms with Crippen LogP contribution < -0.4 is 0 Å². The maximum Gasteiger partial charge on any atom is 0.0504 e. The van der Waals surface area contributed by atoms with Gasteiger partial charge in [0, 0.05) is 19.6 Å². The predicted octanol–water partition coefficient (Wildman–Crippen LogP) is 2.26. The van der Waals surface area contributed by atoms with E-state index in [2.05, 4.69) is 44.5 Å². The normalized spacial score (nSPS) is 21.0. The van der Waals surface area contributed by atoms with Crippen LogP contribution in [0.5, 0.6) is 0 Å². The summed E-state index contributed by atoms with van der Waals surface area (Å²) in [7, 11) is 2.20. The van der Waals surface area contributed by atoms with Crippen molar-refractivity contribution in [1.29, 1.82) is 0 Å². The van der Waals surface area contributed by atoms with Crippen molar-refractivity contribution in [2.45, 2.75) is 34.1 Å². The van der Waals surface area contributed by atoms with Gasteiger partial charge in [-0.3, -0.25) is 9.80 Å². The van der Waals surface area contributed by atoms with Gasteiger partial charge in [0.1, 0.15) is 0 Å². The molecule has 1 saturated heterocycles. The van der Waals surface area contributed by atoms with Crippen molar-refractivity contribution in [3.8, 4) is 0 Å². The van der Waals surface area contributed by atoms with Crippen molar-refractivity contribution in [2.24, 2.45) is 11.3 Å². The molecule has 1 rings (SSSR count). The topological polar surface area (TPSA) is 6.48 Å². The number of likely N-dealkylation sites (N-methyl/N-ethyl adjacent to an activating group) is 1. The molecule has 0 atom stereocenters. The molecule has 0 aliphatic carbocycles. The third-order valence-electron chi connectivity index (χ3n) is 2.85. The van der Waals surface area contributed by atoms with E-state index in [-0.39, 0.29) is 0 Å². The van der Waals surface area contributed by atoms with Crippen LogP contribution >= 0.6 is 0 Å². The highest BCUT2D eigenvalue weighted by Gasteiger charge is 2.25. The molecule has 1 heterocycles. The van der Waals surface area contributed by atoms with Crippen LogP contribution in [-0.4, -0.2) is 43.2 Å². The lowest BCUT2D eigenvalue weighted by Gasteiger charge is -2.31. The third kappa shape index (κ3) is 3.97. The van der Waals surface area contributed by atoms with Gasteiger partial charge in [-0.15, -0.1) is 0 Å². The zero-order chi connectivity index (χ0) is 10.8. The molecule has 2 nitrogen and oxygen atoms in total. The van der Waals surface area contributed by atoms with E-state index in [0.717, 1.165) is 12.6 Å². The molecule has 0 saturated carbocycles. The van der Waals surface area contributed by atoms with Crippen molar-refractivity contribution in [3.63, 3.8) is 0 Å². The van der Waals surface area contributed by atoms with E-state index >= 15 is 0 Å². The maximum atomic E-state index is 2.57. The van der Waals surface area contributed by atoms with Gasteiger partial charge in [-0.1, -0.05) is 27.7 Å². The molecular formula is C12H26N2. The van der Waals surface area contributed by atoms with Crippen LogP contribution in [0.1, 0.15) is 34.1 Å². The van der Waals surface area contributed by atoms with E-state index in [1.165, 1.54) is 26.1 Å². The Morgan fingerprint density at radius 3 is 2.29 bits per heavy atom. The number of hydrogen-bond acceptors (Lipinski definition) is 2. The van der Waals surface area contributed by atoms with Crippen LogP contribution in [0, 0.1) is 11.3 Å². The second-order valence-corrected chi connectivity index (χ2v) is 6.04. The van der Waals surface area contributed by atoms with Crippen LogP contribution in [-0.2, 0) is 0 Å². The van der Waals surface area contributed by atoms with Gasteiger partial charge in [0.05, 0.1) is 6.67 Å². The van der Waals surface area contributed by atoms with Crippen molar-refractivity contribution in [3.05, 3.63) is 0 Å². The van der Waals surface area contributed by atoms with E-state index in [0.29, 0.717) is 5.41 Å². The maximum absolute atomic E-state index is 2.57. The average Bonchev–Trinajstić information content (AvgIpc) is 2.30. The minimum absolute atomic E-state index is 0.472. The first-order valence-corrected chi connectivity index (χ1v) is 5.80. The minimum atomic E-state index is 0.472. The molecule has 0 unspecified atom stereocenters. The first-order chi connectivity index (χ1) is 6.39. The van der Waals surface area contributed by atoms with Gasteiger partial charge in [-0.25, -0.2) is 0 Å². The Morgan fingerprint density at radius 1 is 1.21 bits per heavy atom. The number of hydrogen-bond donors (Lipinski definition) is 0. The number of nitrogens with zero attached hydrogens (tertiary/aromatic N) is 2. The van der Waals surface area contributed by atoms with Crippen molar-refractivity contribution >= 4 is 0 Å². The Bertz CT molecular complexity index is 175. The highest BCUT2D eigenvalue weighted by molar-refractivity contribution is 4.78. The molecule has 0 aromatic carbocycles. The molecule has 84 valence electrons. The summed E-state index contributed by atoms with van der Waals surface area (Å²) in [5.74, 6) is 0.810. The van der Waals surface area contributed by atoms with Crippen molar-refractivity contribution in [1.82, 2.24) is 9.80 Å². The Hall–Kier alpha value is -0.0800. The molecule has 0 aromatic heterocycles. The first-order valence-electron chi connectivity index (χ1n) is 5.80. The third-order valence-corrected chi connectivity index (χ3v) is 2.85. The molecule has 2 heteroatoms. The SMILES string of the molecule is CC(C)CC(C)(C)CN1CCN(C)C1. The molecule has 0 aromatic rings. The van der Waals surface area contributed by atoms with Gasteiger partial charge >= 0.3 is 0 Å². The molecule has 0 radical (unpaired) electrons. The molecule has 0 spiro atoms. The van der Waals surface area contributed by atoms with Crippen LogP contribution in [0.15, 0.2) is 0 Å². The molecule has 0 amide bonds. The molecule has 0 N–H and O–H groups in total. The quantitative estimate of drug-likeness (QED) is 0.684. The molecule has 14 heavy (non-hydrogen) atoms. The van der Waals surface area contributed by atoms with Gasteiger partial charge in [-0.05, 0) is 24.8 Å². The summed E-state index contributed by atoms with van der Waals surface area (Å²) in [5.41, 5.74) is 0.472. The molecule has 1 aliphatic rings. The summed E-state index contributed by atoms with van der Waals surface area (Å²) in [6, 6.07) is 0. The van der Waals surface area contributed by atoms with Crippen LogP contribution in [0.25, 0.3) is 0 Å². The lowest BCUT2D eigenvalue weighted by atomic mass is 9.83. The van der Waals surface area contributed by atoms with Gasteiger partial charge in [0.15, 0.2) is 0 Å². The fourth-order valence-electron chi connectivity index (χ4n) is 2.70. The van der Waals surface area contributed by atoms with Gasteiger partial charge < -0.3 is 0 Å². The summed E-state index contributed by atoms with van der Waals surface area (Å²) in [6.45, 7) is 14.3. The largest absolute Gasteiger partial charge is 0.292 e. The van der Waals surface area contributed by atoms with E-state index in [1.54, 1.807) is 0 Å². The Balaban J connectivity index is 2.34. The molecule has 1 aliphatic heterocycles. The summed E-state index contributed by atoms with van der Waals surface area (Å²) >= 11 is 0. The smallest absolute Gasteiger partial charge is 0.0504 e. The number of rotatable bonds is 4. The Kier molecular flexibility index (Phi) is 3.96. The predicted molar refractivity (Wildman–Crippen MR) is 62.3 cm³/mol. The van der Waals surface area contributed by atoms with Gasteiger partial charge in [0.2, 0.25) is 0 Å². The zero-order valence-electron chi connectivity index (χ0n) is 10.5. The van der Waals surface area contributed by atoms with Crippen LogP contribution in [0.3, 0.4) is 0 Å². The monoisotopic (exact) mass is 198 g/mol. The molecule has 1 fully saturated rings. The fraction of sp³-hybridized carbons (Fsp3) is 1.00. The summed E-state index contributed by atoms with van der Waals surface area (Å²) in [5, 5.41) is 0. The highest BCUT2D eigenvalue weighted by Crippen LogP contribution is 2.27. The van der Waals surface area contributed by atoms with E-state index in [4.69, 9.17) is 0 Å². The highest BCUT2D eigenvalue weighted by atomic mass is 15.4. The van der Waals surface area contributed by atoms with E-state index in [1.807, 2.05) is 0 Å². The lowest BCUT2D eigenvalue weighted by Crippen LogP contribution is -2.34. The van der Waals surface area contributed by atoms with Crippen LogP contribution in [0.2, 0.25) is 0 Å². The van der Waals surface area contributed by atoms with E-state index < -0.39 is 0 Å². The minimum Gasteiger partial charge on any atom is -0.292 e. The Morgan fingerprint density at radius 2 is 1.86 bits per heavy atom. The van der Waals surface area contributed by atoms with Crippen molar-refractivity contribution < 1.29 is 0 Å². The van der Waals surface area contributed by atoms with Gasteiger partial charge in [0.25, 0.3) is 0 Å². The molecular weight excluding hydrogens is 172 g/mol. The first kappa shape index (κ1) is 12.0. The second kappa shape index (κ2) is 4.63. The summed E-state index contributed by atoms with van der Waals surface area (Å²) in [4.78, 5) is 4.97. The summed E-state index contributed by atoms with van der Waals surface area (Å²) in [6.07, 6.45) is 1.33. The van der Waals surface area contributed by atoms with Crippen LogP contribution in [0.4, 0.5) is 0 Å². The fourth-order valence-corrected chi connectivity index (χ4v) is 2.70. The van der Waals surface area contributed by atoms with Crippen molar-refractivity contribution in [2.75, 3.05) is 33.4 Å². The Labute approximate surface area is 89.3 Å². The average molecular weight is 198 g/mol. The zero-order valence-corrected chi connectivity index (χ0v) is 10.5.